The Morgan fingerprint density at radius 2 is 1.79 bits per heavy atom. The van der Waals surface area contributed by atoms with Crippen molar-refractivity contribution in [3.8, 4) is 17.0 Å². The molecular formula is C29H28N4O5S. The zero-order valence-electron chi connectivity index (χ0n) is 21.6. The number of hydrogen-bond donors (Lipinski definition) is 1. The minimum atomic E-state index is -4.02. The van der Waals surface area contributed by atoms with Gasteiger partial charge in [0.1, 0.15) is 11.3 Å². The summed E-state index contributed by atoms with van der Waals surface area (Å²) in [6.45, 7) is 3.09. The molecule has 200 valence electrons. The van der Waals surface area contributed by atoms with Gasteiger partial charge < -0.3 is 14.4 Å². The first-order chi connectivity index (χ1) is 18.7. The fourth-order valence-electron chi connectivity index (χ4n) is 5.09. The highest BCUT2D eigenvalue weighted by molar-refractivity contribution is 7.89. The second-order valence-electron chi connectivity index (χ2n) is 10.0. The molecule has 1 aliphatic heterocycles. The van der Waals surface area contributed by atoms with Crippen molar-refractivity contribution in [1.82, 2.24) is 18.3 Å². The molecule has 1 fully saturated rings. The van der Waals surface area contributed by atoms with E-state index in [1.807, 2.05) is 31.3 Å². The van der Waals surface area contributed by atoms with E-state index < -0.39 is 15.6 Å². The molecule has 1 unspecified atom stereocenters. The Hall–Kier alpha value is -4.15. The van der Waals surface area contributed by atoms with E-state index in [4.69, 9.17) is 4.74 Å². The summed E-state index contributed by atoms with van der Waals surface area (Å²) in [6, 6.07) is 17.7. The maximum Gasteiger partial charge on any atom is 0.275 e. The number of phenols is 1. The van der Waals surface area contributed by atoms with Crippen molar-refractivity contribution in [1.29, 1.82) is 0 Å². The van der Waals surface area contributed by atoms with Gasteiger partial charge in [-0.05, 0) is 34.9 Å². The van der Waals surface area contributed by atoms with Crippen LogP contribution in [0.2, 0.25) is 0 Å². The van der Waals surface area contributed by atoms with Crippen LogP contribution in [0.4, 0.5) is 0 Å². The molecular weight excluding hydrogens is 516 g/mol. The van der Waals surface area contributed by atoms with Crippen LogP contribution in [-0.4, -0.2) is 45.1 Å². The number of aromatic nitrogens is 4. The zero-order chi connectivity index (χ0) is 27.3. The van der Waals surface area contributed by atoms with Crippen LogP contribution < -0.4 is 5.56 Å². The predicted octanol–water partition coefficient (Wildman–Crippen LogP) is 4.01. The van der Waals surface area contributed by atoms with Gasteiger partial charge in [-0.2, -0.15) is 5.10 Å². The number of rotatable bonds is 7. The van der Waals surface area contributed by atoms with Gasteiger partial charge in [0.15, 0.2) is 0 Å². The SMILES string of the molecule is CC(c1ccc(O)cc1)c1cn(C)c(=O)c2c1cc(-c1cnn(C3COC3)c1)n2S(=O)(=O)Cc1ccccc1. The topological polar surface area (TPSA) is 108 Å². The van der Waals surface area contributed by atoms with Gasteiger partial charge in [0.25, 0.3) is 5.56 Å². The van der Waals surface area contributed by atoms with Crippen molar-refractivity contribution in [2.75, 3.05) is 13.2 Å². The van der Waals surface area contributed by atoms with E-state index in [-0.39, 0.29) is 29.0 Å². The number of aryl methyl sites for hydroxylation is 1. The van der Waals surface area contributed by atoms with Crippen LogP contribution in [0.3, 0.4) is 0 Å². The van der Waals surface area contributed by atoms with Gasteiger partial charge >= 0.3 is 0 Å². The quantitative estimate of drug-likeness (QED) is 0.332. The molecule has 0 radical (unpaired) electrons. The first-order valence-electron chi connectivity index (χ1n) is 12.7. The van der Waals surface area contributed by atoms with E-state index in [2.05, 4.69) is 5.10 Å². The standard InChI is InChI=1S/C29H28N4O5S/c1-19(21-8-10-24(34)11-9-21)26-15-31(2)29(35)28-25(26)12-27(22-13-30-32(14-22)23-16-38-17-23)33(28)39(36,37)18-20-6-4-3-5-7-20/h3-15,19,23,34H,16-18H2,1-2H3. The third-order valence-electron chi connectivity index (χ3n) is 7.35. The van der Waals surface area contributed by atoms with Crippen LogP contribution in [0.1, 0.15) is 35.6 Å². The highest BCUT2D eigenvalue weighted by atomic mass is 32.2. The Kier molecular flexibility index (Phi) is 6.16. The maximum absolute atomic E-state index is 14.1. The normalized spacial score (nSPS) is 14.9. The van der Waals surface area contributed by atoms with Gasteiger partial charge in [-0.3, -0.25) is 9.48 Å². The highest BCUT2D eigenvalue weighted by Gasteiger charge is 2.29. The molecule has 0 saturated carbocycles. The number of fused-ring (bicyclic) bond motifs is 1. The Balaban J connectivity index is 1.60. The molecule has 1 aliphatic rings. The minimum Gasteiger partial charge on any atom is -0.508 e. The van der Waals surface area contributed by atoms with Crippen molar-refractivity contribution in [2.24, 2.45) is 7.05 Å². The monoisotopic (exact) mass is 544 g/mol. The molecule has 0 aliphatic carbocycles. The summed E-state index contributed by atoms with van der Waals surface area (Å²) in [7, 11) is -2.39. The summed E-state index contributed by atoms with van der Waals surface area (Å²) in [5.41, 5.74) is 3.02. The largest absolute Gasteiger partial charge is 0.508 e. The van der Waals surface area contributed by atoms with Crippen molar-refractivity contribution in [2.45, 2.75) is 24.6 Å². The van der Waals surface area contributed by atoms with Gasteiger partial charge in [0, 0.05) is 36.3 Å². The Morgan fingerprint density at radius 1 is 1.08 bits per heavy atom. The number of pyridine rings is 1. The fourth-order valence-corrected chi connectivity index (χ4v) is 6.75. The Bertz CT molecular complexity index is 1830. The summed E-state index contributed by atoms with van der Waals surface area (Å²) in [5.74, 6) is -0.294. The van der Waals surface area contributed by atoms with Gasteiger partial charge in [-0.15, -0.1) is 0 Å². The molecule has 1 N–H and O–H groups in total. The Morgan fingerprint density at radius 3 is 2.46 bits per heavy atom. The lowest BCUT2D eigenvalue weighted by Crippen LogP contribution is -2.30. The van der Waals surface area contributed by atoms with Gasteiger partial charge in [0.2, 0.25) is 10.0 Å². The highest BCUT2D eigenvalue weighted by Crippen LogP contribution is 2.36. The lowest BCUT2D eigenvalue weighted by molar-refractivity contribution is -0.0286. The first-order valence-corrected chi connectivity index (χ1v) is 14.3. The summed E-state index contributed by atoms with van der Waals surface area (Å²) in [5, 5.41) is 14.8. The molecule has 1 saturated heterocycles. The zero-order valence-corrected chi connectivity index (χ0v) is 22.4. The van der Waals surface area contributed by atoms with Crippen LogP contribution in [0.5, 0.6) is 5.75 Å². The number of phenolic OH excluding ortho intramolecular Hbond substituents is 1. The van der Waals surface area contributed by atoms with Crippen LogP contribution in [0, 0.1) is 0 Å². The number of benzene rings is 2. The van der Waals surface area contributed by atoms with Crippen molar-refractivity contribution in [3.63, 3.8) is 0 Å². The molecule has 6 rings (SSSR count). The molecule has 10 heteroatoms. The van der Waals surface area contributed by atoms with E-state index in [1.54, 1.807) is 66.6 Å². The molecule has 0 amide bonds. The average Bonchev–Trinajstić information content (AvgIpc) is 3.52. The van der Waals surface area contributed by atoms with Gasteiger partial charge in [0.05, 0.1) is 36.9 Å². The van der Waals surface area contributed by atoms with Crippen LogP contribution in [-0.2, 0) is 27.6 Å². The van der Waals surface area contributed by atoms with Crippen molar-refractivity contribution < 1.29 is 18.3 Å². The first kappa shape index (κ1) is 25.1. The average molecular weight is 545 g/mol. The lowest BCUT2D eigenvalue weighted by atomic mass is 9.92. The van der Waals surface area contributed by atoms with E-state index in [0.29, 0.717) is 35.4 Å². The van der Waals surface area contributed by atoms with Crippen LogP contribution >= 0.6 is 0 Å². The summed E-state index contributed by atoms with van der Waals surface area (Å²) >= 11 is 0. The third kappa shape index (κ3) is 4.45. The number of hydrogen-bond acceptors (Lipinski definition) is 6. The lowest BCUT2D eigenvalue weighted by Gasteiger charge is -2.25. The number of nitrogens with zero attached hydrogens (tertiary/aromatic N) is 4. The minimum absolute atomic E-state index is 0.0930. The van der Waals surface area contributed by atoms with Gasteiger partial charge in [-0.25, -0.2) is 12.4 Å². The molecule has 2 aromatic carbocycles. The summed E-state index contributed by atoms with van der Waals surface area (Å²) in [6.07, 6.45) is 5.20. The molecule has 4 heterocycles. The van der Waals surface area contributed by atoms with Gasteiger partial charge in [-0.1, -0.05) is 49.4 Å². The predicted molar refractivity (Wildman–Crippen MR) is 148 cm³/mol. The van der Waals surface area contributed by atoms with E-state index in [1.165, 1.54) is 8.54 Å². The molecule has 9 nitrogen and oxygen atoms in total. The molecule has 5 aromatic rings. The van der Waals surface area contributed by atoms with E-state index in [0.717, 1.165) is 11.1 Å². The second-order valence-corrected chi connectivity index (χ2v) is 11.8. The molecule has 3 aromatic heterocycles. The fraction of sp³-hybridized carbons (Fsp3) is 0.241. The van der Waals surface area contributed by atoms with E-state index >= 15 is 0 Å². The van der Waals surface area contributed by atoms with Crippen LogP contribution in [0.25, 0.3) is 22.2 Å². The number of ether oxygens (including phenoxy) is 1. The second kappa shape index (κ2) is 9.55. The summed E-state index contributed by atoms with van der Waals surface area (Å²) in [4.78, 5) is 13.6. The molecule has 39 heavy (non-hydrogen) atoms. The van der Waals surface area contributed by atoms with Crippen molar-refractivity contribution >= 4 is 20.9 Å². The van der Waals surface area contributed by atoms with E-state index in [9.17, 15) is 18.3 Å². The number of aromatic hydroxyl groups is 1. The van der Waals surface area contributed by atoms with Crippen LogP contribution in [0.15, 0.2) is 84.0 Å². The molecule has 0 spiro atoms. The summed E-state index contributed by atoms with van der Waals surface area (Å²) < 4.78 is 37.8. The maximum atomic E-state index is 14.1. The van der Waals surface area contributed by atoms with Crippen molar-refractivity contribution in [3.05, 3.63) is 106 Å². The smallest absolute Gasteiger partial charge is 0.275 e. The molecule has 0 bridgehead atoms. The third-order valence-corrected chi connectivity index (χ3v) is 8.98. The Labute approximate surface area is 225 Å². The molecule has 1 atom stereocenters.